The first-order valence-electron chi connectivity index (χ1n) is 15.6. The van der Waals surface area contributed by atoms with E-state index in [-0.39, 0.29) is 53.5 Å². The quantitative estimate of drug-likeness (QED) is 0.255. The summed E-state index contributed by atoms with van der Waals surface area (Å²) >= 11 is 0. The van der Waals surface area contributed by atoms with Crippen molar-refractivity contribution in [3.63, 3.8) is 0 Å². The second kappa shape index (κ2) is 13.0. The number of aromatic nitrogens is 4. The van der Waals surface area contributed by atoms with Gasteiger partial charge in [0.2, 0.25) is 11.8 Å². The molecule has 1 saturated carbocycles. The lowest BCUT2D eigenvalue weighted by molar-refractivity contribution is 0.0557. The average Bonchev–Trinajstić information content (AvgIpc) is 3.86. The lowest BCUT2D eigenvalue weighted by atomic mass is 10.00. The molecule has 2 aromatic heterocycles. The molecule has 1 fully saturated rings. The summed E-state index contributed by atoms with van der Waals surface area (Å²) < 4.78 is 41.9. The van der Waals surface area contributed by atoms with Crippen molar-refractivity contribution in [3.05, 3.63) is 83.4 Å². The van der Waals surface area contributed by atoms with Gasteiger partial charge in [0.25, 0.3) is 15.9 Å². The standard InChI is InChI=1S/C34H38N6O5S/c1-5-23(4)45-27-17-35-30(36-18-27)19-40-26(14-24-12-13-24)20-44-31-16-29(32-21(2)8-6-9-22(32)3)37-34(38-31)39-46(42,43)28-11-7-10-25(15-28)33(40)41/h6-11,15-18,23-24,26H,5,12-14,19-20H2,1-4H3,(H,37,38,39)/t23-,26-/m1/s1. The van der Waals surface area contributed by atoms with Crippen LogP contribution in [0, 0.1) is 19.8 Å². The Kier molecular flexibility index (Phi) is 8.90. The molecular weight excluding hydrogens is 604 g/mol. The van der Waals surface area contributed by atoms with Gasteiger partial charge in [-0.25, -0.2) is 28.1 Å². The maximum Gasteiger partial charge on any atom is 0.264 e. The SMILES string of the molecule is CC[C@@H](C)Oc1cnc(CN2C(=O)c3cccc(c3)S(=O)(=O)Nc3nc(cc(-c4c(C)cccc4C)n3)OC[C@H]2CC2CC2)nc1. The predicted molar refractivity (Wildman–Crippen MR) is 173 cm³/mol. The topological polar surface area (TPSA) is 136 Å². The third kappa shape index (κ3) is 7.12. The Bertz CT molecular complexity index is 1830. The molecule has 2 aromatic carbocycles. The summed E-state index contributed by atoms with van der Waals surface area (Å²) in [6.07, 6.45) is 6.94. The molecule has 3 heterocycles. The van der Waals surface area contributed by atoms with Gasteiger partial charge in [0.05, 0.1) is 41.7 Å². The van der Waals surface area contributed by atoms with E-state index in [1.54, 1.807) is 35.5 Å². The average molecular weight is 643 g/mol. The number of rotatable bonds is 8. The van der Waals surface area contributed by atoms with Crippen molar-refractivity contribution < 1.29 is 22.7 Å². The molecular formula is C34H38N6O5S. The van der Waals surface area contributed by atoms with Gasteiger partial charge in [-0.1, -0.05) is 44.0 Å². The first kappa shape index (κ1) is 31.4. The fourth-order valence-electron chi connectivity index (χ4n) is 5.56. The van der Waals surface area contributed by atoms with E-state index in [2.05, 4.69) is 24.7 Å². The van der Waals surface area contributed by atoms with Crippen LogP contribution in [0.2, 0.25) is 0 Å². The maximum absolute atomic E-state index is 14.2. The van der Waals surface area contributed by atoms with E-state index in [9.17, 15) is 13.2 Å². The molecule has 6 rings (SSSR count). The fourth-order valence-corrected chi connectivity index (χ4v) is 6.55. The van der Waals surface area contributed by atoms with Gasteiger partial charge < -0.3 is 14.4 Å². The number of benzene rings is 2. The van der Waals surface area contributed by atoms with E-state index in [0.29, 0.717) is 29.6 Å². The molecule has 240 valence electrons. The molecule has 1 aliphatic carbocycles. The minimum Gasteiger partial charge on any atom is -0.487 e. The zero-order valence-corrected chi connectivity index (χ0v) is 27.3. The fraction of sp³-hybridized carbons (Fsp3) is 0.382. The maximum atomic E-state index is 14.2. The van der Waals surface area contributed by atoms with Crippen LogP contribution in [0.25, 0.3) is 11.3 Å². The molecule has 0 unspecified atom stereocenters. The Morgan fingerprint density at radius 2 is 1.76 bits per heavy atom. The number of nitrogens with zero attached hydrogens (tertiary/aromatic N) is 5. The van der Waals surface area contributed by atoms with Crippen LogP contribution in [0.3, 0.4) is 0 Å². The molecule has 4 aromatic rings. The summed E-state index contributed by atoms with van der Waals surface area (Å²) in [7, 11) is -4.16. The van der Waals surface area contributed by atoms with Crippen LogP contribution in [0.4, 0.5) is 5.95 Å². The number of sulfonamides is 1. The van der Waals surface area contributed by atoms with Crippen molar-refractivity contribution in [2.45, 2.75) is 77.0 Å². The van der Waals surface area contributed by atoms with E-state index in [4.69, 9.17) is 9.47 Å². The zero-order chi connectivity index (χ0) is 32.4. The van der Waals surface area contributed by atoms with Crippen molar-refractivity contribution >= 4 is 21.9 Å². The summed E-state index contributed by atoms with van der Waals surface area (Å²) in [5.74, 6) is 1.18. The molecule has 2 aliphatic rings. The van der Waals surface area contributed by atoms with Crippen LogP contribution in [-0.4, -0.2) is 57.9 Å². The van der Waals surface area contributed by atoms with Gasteiger partial charge in [0.15, 0.2) is 5.75 Å². The smallest absolute Gasteiger partial charge is 0.264 e. The number of carbonyl (C=O) groups is 1. The minimum absolute atomic E-state index is 0.0193. The van der Waals surface area contributed by atoms with Crippen molar-refractivity contribution in [2.24, 2.45) is 5.92 Å². The van der Waals surface area contributed by atoms with Crippen molar-refractivity contribution in [1.29, 1.82) is 0 Å². The summed E-state index contributed by atoms with van der Waals surface area (Å²) in [5.41, 5.74) is 3.58. The number of anilines is 1. The Morgan fingerprint density at radius 1 is 1.04 bits per heavy atom. The van der Waals surface area contributed by atoms with Gasteiger partial charge in [-0.05, 0) is 68.9 Å². The van der Waals surface area contributed by atoms with Crippen LogP contribution in [0.1, 0.15) is 66.8 Å². The van der Waals surface area contributed by atoms with E-state index < -0.39 is 10.0 Å². The van der Waals surface area contributed by atoms with Crippen molar-refractivity contribution in [1.82, 2.24) is 24.8 Å². The summed E-state index contributed by atoms with van der Waals surface area (Å²) in [4.78, 5) is 33.9. The molecule has 11 nitrogen and oxygen atoms in total. The minimum atomic E-state index is -4.16. The van der Waals surface area contributed by atoms with E-state index in [1.165, 1.54) is 12.1 Å². The third-order valence-electron chi connectivity index (χ3n) is 8.39. The van der Waals surface area contributed by atoms with Gasteiger partial charge in [0.1, 0.15) is 12.4 Å². The molecule has 2 atom stereocenters. The summed E-state index contributed by atoms with van der Waals surface area (Å²) in [6, 6.07) is 13.3. The number of nitrogens with one attached hydrogen (secondary N) is 1. The van der Waals surface area contributed by atoms with E-state index in [0.717, 1.165) is 36.0 Å². The van der Waals surface area contributed by atoms with Gasteiger partial charge in [-0.2, -0.15) is 4.98 Å². The van der Waals surface area contributed by atoms with Crippen LogP contribution in [0.5, 0.6) is 11.6 Å². The molecule has 0 spiro atoms. The monoisotopic (exact) mass is 642 g/mol. The number of ether oxygens (including phenoxy) is 2. The molecule has 1 amide bonds. The van der Waals surface area contributed by atoms with Gasteiger partial charge in [-0.15, -0.1) is 0 Å². The first-order chi connectivity index (χ1) is 22.1. The van der Waals surface area contributed by atoms with Gasteiger partial charge in [-0.3, -0.25) is 4.79 Å². The summed E-state index contributed by atoms with van der Waals surface area (Å²) in [6.45, 7) is 8.19. The van der Waals surface area contributed by atoms with Crippen LogP contribution < -0.4 is 14.2 Å². The highest BCUT2D eigenvalue weighted by Gasteiger charge is 2.34. The summed E-state index contributed by atoms with van der Waals surface area (Å²) in [5, 5.41) is 0. The Morgan fingerprint density at radius 3 is 2.46 bits per heavy atom. The van der Waals surface area contributed by atoms with Crippen LogP contribution in [-0.2, 0) is 16.6 Å². The van der Waals surface area contributed by atoms with Crippen LogP contribution >= 0.6 is 0 Å². The largest absolute Gasteiger partial charge is 0.487 e. The van der Waals surface area contributed by atoms with Crippen molar-refractivity contribution in [2.75, 3.05) is 11.3 Å². The normalized spacial score (nSPS) is 18.3. The third-order valence-corrected chi connectivity index (χ3v) is 9.72. The predicted octanol–water partition coefficient (Wildman–Crippen LogP) is 5.73. The second-order valence-corrected chi connectivity index (χ2v) is 13.7. The number of carbonyl (C=O) groups excluding carboxylic acids is 1. The number of aryl methyl sites for hydroxylation is 2. The second-order valence-electron chi connectivity index (χ2n) is 12.1. The number of amides is 1. The number of hydrogen-bond donors (Lipinski definition) is 1. The molecule has 12 heteroatoms. The Balaban J connectivity index is 1.42. The highest BCUT2D eigenvalue weighted by molar-refractivity contribution is 7.92. The molecule has 0 saturated heterocycles. The van der Waals surface area contributed by atoms with E-state index in [1.807, 2.05) is 45.9 Å². The molecule has 1 aliphatic heterocycles. The Labute approximate surface area is 269 Å². The first-order valence-corrected chi connectivity index (χ1v) is 17.1. The molecule has 4 bridgehead atoms. The Hall–Kier alpha value is -4.58. The molecule has 0 radical (unpaired) electrons. The highest BCUT2D eigenvalue weighted by atomic mass is 32.2. The van der Waals surface area contributed by atoms with Gasteiger partial charge in [0, 0.05) is 17.2 Å². The lowest BCUT2D eigenvalue weighted by Gasteiger charge is -2.31. The molecule has 46 heavy (non-hydrogen) atoms. The zero-order valence-electron chi connectivity index (χ0n) is 26.4. The van der Waals surface area contributed by atoms with Crippen LogP contribution in [0.15, 0.2) is 65.8 Å². The number of hydrogen-bond acceptors (Lipinski definition) is 9. The highest BCUT2D eigenvalue weighted by Crippen LogP contribution is 2.36. The molecule has 1 N–H and O–H groups in total. The number of fused-ring (bicyclic) bond motifs is 4. The lowest BCUT2D eigenvalue weighted by Crippen LogP contribution is -2.44. The van der Waals surface area contributed by atoms with E-state index >= 15 is 0 Å². The van der Waals surface area contributed by atoms with Crippen molar-refractivity contribution in [3.8, 4) is 22.9 Å². The van der Waals surface area contributed by atoms with Gasteiger partial charge >= 0.3 is 0 Å².